The lowest BCUT2D eigenvalue weighted by atomic mass is 10.2. The Balaban J connectivity index is 1.40. The van der Waals surface area contributed by atoms with E-state index in [0.29, 0.717) is 38.1 Å². The maximum absolute atomic E-state index is 12.4. The van der Waals surface area contributed by atoms with Crippen LogP contribution >= 0.6 is 0 Å². The Bertz CT molecular complexity index is 823. The molecule has 2 heterocycles. The van der Waals surface area contributed by atoms with Crippen LogP contribution in [0, 0.1) is 18.3 Å². The number of aryl methyl sites for hydroxylation is 1. The van der Waals surface area contributed by atoms with Crippen LogP contribution in [-0.2, 0) is 4.79 Å². The Morgan fingerprint density at radius 3 is 2.78 bits per heavy atom. The summed E-state index contributed by atoms with van der Waals surface area (Å²) in [6, 6.07) is 13.6. The number of nitriles is 1. The first-order chi connectivity index (χ1) is 13.2. The van der Waals surface area contributed by atoms with Gasteiger partial charge in [-0.3, -0.25) is 4.79 Å². The molecule has 3 rings (SSSR count). The van der Waals surface area contributed by atoms with Crippen molar-refractivity contribution >= 4 is 11.7 Å². The standard InChI is InChI=1S/C21H24N4O2/c1-17-4-2-5-19(14-17)27-13-3-6-21(26)25-11-9-24(10-12-25)20-15-18(16-22)7-8-23-20/h2,4-5,7-8,14-15H,3,6,9-13H2,1H3. The van der Waals surface area contributed by atoms with E-state index in [9.17, 15) is 4.79 Å². The number of aromatic nitrogens is 1. The first kappa shape index (κ1) is 18.7. The Kier molecular flexibility index (Phi) is 6.26. The summed E-state index contributed by atoms with van der Waals surface area (Å²) < 4.78 is 5.71. The van der Waals surface area contributed by atoms with Gasteiger partial charge < -0.3 is 14.5 Å². The van der Waals surface area contributed by atoms with Crippen LogP contribution in [0.2, 0.25) is 0 Å². The fourth-order valence-corrected chi connectivity index (χ4v) is 3.12. The van der Waals surface area contributed by atoms with Gasteiger partial charge in [-0.05, 0) is 43.2 Å². The van der Waals surface area contributed by atoms with Gasteiger partial charge in [-0.15, -0.1) is 0 Å². The lowest BCUT2D eigenvalue weighted by Crippen LogP contribution is -2.49. The highest BCUT2D eigenvalue weighted by Crippen LogP contribution is 2.16. The van der Waals surface area contributed by atoms with Crippen molar-refractivity contribution in [2.75, 3.05) is 37.7 Å². The van der Waals surface area contributed by atoms with Gasteiger partial charge in [-0.1, -0.05) is 12.1 Å². The van der Waals surface area contributed by atoms with Crippen molar-refractivity contribution in [3.05, 3.63) is 53.7 Å². The molecule has 0 N–H and O–H groups in total. The number of pyridine rings is 1. The number of anilines is 1. The normalized spacial score (nSPS) is 13.9. The lowest BCUT2D eigenvalue weighted by Gasteiger charge is -2.35. The summed E-state index contributed by atoms with van der Waals surface area (Å²) in [6.45, 7) is 5.38. The molecule has 27 heavy (non-hydrogen) atoms. The van der Waals surface area contributed by atoms with Gasteiger partial charge in [-0.25, -0.2) is 4.98 Å². The molecule has 1 saturated heterocycles. The van der Waals surface area contributed by atoms with Crippen molar-refractivity contribution in [1.29, 1.82) is 5.26 Å². The van der Waals surface area contributed by atoms with E-state index >= 15 is 0 Å². The minimum absolute atomic E-state index is 0.168. The molecular weight excluding hydrogens is 340 g/mol. The molecule has 0 aliphatic carbocycles. The summed E-state index contributed by atoms with van der Waals surface area (Å²) in [5.41, 5.74) is 1.77. The zero-order valence-electron chi connectivity index (χ0n) is 15.6. The van der Waals surface area contributed by atoms with E-state index in [4.69, 9.17) is 10.00 Å². The molecule has 0 atom stereocenters. The number of nitrogens with zero attached hydrogens (tertiary/aromatic N) is 4. The van der Waals surface area contributed by atoms with Crippen molar-refractivity contribution < 1.29 is 9.53 Å². The number of piperazine rings is 1. The van der Waals surface area contributed by atoms with Gasteiger partial charge in [0, 0.05) is 38.8 Å². The van der Waals surface area contributed by atoms with Gasteiger partial charge in [0.1, 0.15) is 11.6 Å². The largest absolute Gasteiger partial charge is 0.494 e. The minimum atomic E-state index is 0.168. The van der Waals surface area contributed by atoms with Gasteiger partial charge >= 0.3 is 0 Å². The van der Waals surface area contributed by atoms with Gasteiger partial charge in [0.05, 0.1) is 18.2 Å². The fourth-order valence-electron chi connectivity index (χ4n) is 3.12. The number of amides is 1. The number of hydrogen-bond acceptors (Lipinski definition) is 5. The monoisotopic (exact) mass is 364 g/mol. The molecule has 1 aliphatic rings. The van der Waals surface area contributed by atoms with Gasteiger partial charge in [0.15, 0.2) is 0 Å². The van der Waals surface area contributed by atoms with Crippen LogP contribution in [0.4, 0.5) is 5.82 Å². The Hall–Kier alpha value is -3.07. The topological polar surface area (TPSA) is 69.5 Å². The molecule has 6 nitrogen and oxygen atoms in total. The van der Waals surface area contributed by atoms with E-state index in [1.807, 2.05) is 36.1 Å². The minimum Gasteiger partial charge on any atom is -0.494 e. The molecule has 0 radical (unpaired) electrons. The maximum Gasteiger partial charge on any atom is 0.222 e. The van der Waals surface area contributed by atoms with Crippen molar-refractivity contribution in [2.45, 2.75) is 19.8 Å². The number of benzene rings is 1. The summed E-state index contributed by atoms with van der Waals surface area (Å²) in [5.74, 6) is 1.82. The number of rotatable bonds is 6. The van der Waals surface area contributed by atoms with Crippen LogP contribution in [0.5, 0.6) is 5.75 Å². The summed E-state index contributed by atoms with van der Waals surface area (Å²) in [5, 5.41) is 9.00. The second-order valence-electron chi connectivity index (χ2n) is 6.65. The van der Waals surface area contributed by atoms with E-state index in [0.717, 1.165) is 30.2 Å². The third-order valence-corrected chi connectivity index (χ3v) is 4.62. The van der Waals surface area contributed by atoms with E-state index in [-0.39, 0.29) is 5.91 Å². The molecule has 0 bridgehead atoms. The fraction of sp³-hybridized carbons (Fsp3) is 0.381. The Morgan fingerprint density at radius 1 is 1.22 bits per heavy atom. The molecular formula is C21H24N4O2. The van der Waals surface area contributed by atoms with Gasteiger partial charge in [0.2, 0.25) is 5.91 Å². The zero-order valence-corrected chi connectivity index (χ0v) is 15.6. The van der Waals surface area contributed by atoms with Crippen LogP contribution in [-0.4, -0.2) is 48.6 Å². The predicted molar refractivity (Wildman–Crippen MR) is 104 cm³/mol. The highest BCUT2D eigenvalue weighted by molar-refractivity contribution is 5.76. The summed E-state index contributed by atoms with van der Waals surface area (Å²) >= 11 is 0. The van der Waals surface area contributed by atoms with E-state index in [1.165, 1.54) is 0 Å². The second kappa shape index (κ2) is 9.04. The quantitative estimate of drug-likeness (QED) is 0.737. The highest BCUT2D eigenvalue weighted by atomic mass is 16.5. The lowest BCUT2D eigenvalue weighted by molar-refractivity contribution is -0.131. The van der Waals surface area contributed by atoms with Crippen LogP contribution in [0.3, 0.4) is 0 Å². The number of carbonyl (C=O) groups is 1. The van der Waals surface area contributed by atoms with Crippen LogP contribution in [0.1, 0.15) is 24.0 Å². The Morgan fingerprint density at radius 2 is 2.04 bits per heavy atom. The van der Waals surface area contributed by atoms with E-state index < -0.39 is 0 Å². The van der Waals surface area contributed by atoms with E-state index in [2.05, 4.69) is 16.0 Å². The predicted octanol–water partition coefficient (Wildman–Crippen LogP) is 2.77. The summed E-state index contributed by atoms with van der Waals surface area (Å²) in [7, 11) is 0. The molecule has 0 spiro atoms. The molecule has 1 aromatic carbocycles. The van der Waals surface area contributed by atoms with E-state index in [1.54, 1.807) is 18.3 Å². The van der Waals surface area contributed by atoms with Crippen LogP contribution < -0.4 is 9.64 Å². The van der Waals surface area contributed by atoms with Crippen molar-refractivity contribution in [1.82, 2.24) is 9.88 Å². The molecule has 1 aliphatic heterocycles. The van der Waals surface area contributed by atoms with Gasteiger partial charge in [0.25, 0.3) is 0 Å². The molecule has 0 unspecified atom stereocenters. The van der Waals surface area contributed by atoms with Crippen LogP contribution in [0.15, 0.2) is 42.6 Å². The SMILES string of the molecule is Cc1cccc(OCCCC(=O)N2CCN(c3cc(C#N)ccn3)CC2)c1. The maximum atomic E-state index is 12.4. The molecule has 0 saturated carbocycles. The van der Waals surface area contributed by atoms with Crippen molar-refractivity contribution in [2.24, 2.45) is 0 Å². The molecule has 1 aromatic heterocycles. The molecule has 2 aromatic rings. The number of hydrogen-bond donors (Lipinski definition) is 0. The molecule has 1 fully saturated rings. The van der Waals surface area contributed by atoms with Crippen LogP contribution in [0.25, 0.3) is 0 Å². The molecule has 1 amide bonds. The highest BCUT2D eigenvalue weighted by Gasteiger charge is 2.21. The smallest absolute Gasteiger partial charge is 0.222 e. The first-order valence-corrected chi connectivity index (χ1v) is 9.24. The van der Waals surface area contributed by atoms with Crippen molar-refractivity contribution in [3.8, 4) is 11.8 Å². The average Bonchev–Trinajstić information content (AvgIpc) is 2.71. The molecule has 6 heteroatoms. The molecule has 140 valence electrons. The van der Waals surface area contributed by atoms with Crippen molar-refractivity contribution in [3.63, 3.8) is 0 Å². The zero-order chi connectivity index (χ0) is 19.1. The summed E-state index contributed by atoms with van der Waals surface area (Å²) in [6.07, 6.45) is 2.85. The number of carbonyl (C=O) groups excluding carboxylic acids is 1. The second-order valence-corrected chi connectivity index (χ2v) is 6.65. The third kappa shape index (κ3) is 5.20. The van der Waals surface area contributed by atoms with Gasteiger partial charge in [-0.2, -0.15) is 5.26 Å². The summed E-state index contributed by atoms with van der Waals surface area (Å²) in [4.78, 5) is 20.7. The Labute approximate surface area is 160 Å². The number of ether oxygens (including phenoxy) is 1. The first-order valence-electron chi connectivity index (χ1n) is 9.24. The average molecular weight is 364 g/mol. The third-order valence-electron chi connectivity index (χ3n) is 4.62.